The fourth-order valence-electron chi connectivity index (χ4n) is 1.10. The van der Waals surface area contributed by atoms with Crippen LogP contribution in [0.15, 0.2) is 10.9 Å². The van der Waals surface area contributed by atoms with Gasteiger partial charge in [-0.1, -0.05) is 0 Å². The summed E-state index contributed by atoms with van der Waals surface area (Å²) in [6.45, 7) is 0. The topological polar surface area (TPSA) is 32.9 Å². The molecule has 2 nitrogen and oxygen atoms in total. The first-order valence-corrected chi connectivity index (χ1v) is 4.48. The molecule has 1 rings (SSSR count). The minimum absolute atomic E-state index is 0.341. The molecule has 0 spiro atoms. The van der Waals surface area contributed by atoms with Crippen molar-refractivity contribution >= 4 is 11.6 Å². The Morgan fingerprint density at radius 1 is 1.38 bits per heavy atom. The van der Waals surface area contributed by atoms with Crippen molar-refractivity contribution in [2.75, 3.05) is 0 Å². The predicted octanol–water partition coefficient (Wildman–Crippen LogP) is 3.07. The third kappa shape index (κ3) is 2.52. The summed E-state index contributed by atoms with van der Waals surface area (Å²) in [6, 6.07) is 0.341. The quantitative estimate of drug-likeness (QED) is 0.644. The maximum absolute atomic E-state index is 12.3. The van der Waals surface area contributed by atoms with E-state index < -0.39 is 40.9 Å². The highest BCUT2D eigenvalue weighted by Crippen LogP contribution is 2.29. The highest BCUT2D eigenvalue weighted by Gasteiger charge is 2.35. The molecule has 0 aromatic carbocycles. The molecule has 90 valence electrons. The van der Waals surface area contributed by atoms with Crippen LogP contribution in [-0.4, -0.2) is 4.98 Å². The second-order valence-corrected chi connectivity index (χ2v) is 3.15. The molecule has 1 aromatic rings. The second kappa shape index (κ2) is 4.40. The average Bonchev–Trinajstić information content (AvgIpc) is 2.15. The Hall–Kier alpha value is -1.11. The van der Waals surface area contributed by atoms with Crippen LogP contribution in [0.4, 0.5) is 22.0 Å². The van der Waals surface area contributed by atoms with Gasteiger partial charge in [0.1, 0.15) is 5.56 Å². The molecule has 0 bridgehead atoms. The fourth-order valence-corrected chi connectivity index (χ4v) is 1.32. The molecule has 1 heterocycles. The molecule has 0 radical (unpaired) electrons. The van der Waals surface area contributed by atoms with Gasteiger partial charge in [0.15, 0.2) is 0 Å². The first kappa shape index (κ1) is 13.0. The summed E-state index contributed by atoms with van der Waals surface area (Å²) in [5.41, 5.74) is -4.46. The van der Waals surface area contributed by atoms with Gasteiger partial charge in [-0.25, -0.2) is 8.78 Å². The molecular weight excluding hydrogens is 257 g/mol. The van der Waals surface area contributed by atoms with Crippen LogP contribution < -0.4 is 5.56 Å². The van der Waals surface area contributed by atoms with E-state index in [4.69, 9.17) is 11.6 Å². The van der Waals surface area contributed by atoms with Gasteiger partial charge < -0.3 is 4.98 Å². The minimum atomic E-state index is -4.89. The lowest BCUT2D eigenvalue weighted by atomic mass is 10.1. The van der Waals surface area contributed by atoms with E-state index in [2.05, 4.69) is 0 Å². The van der Waals surface area contributed by atoms with E-state index in [-0.39, 0.29) is 0 Å². The highest BCUT2D eigenvalue weighted by atomic mass is 35.5. The highest BCUT2D eigenvalue weighted by molar-refractivity contribution is 6.17. The summed E-state index contributed by atoms with van der Waals surface area (Å²) in [7, 11) is 0. The number of halogens is 6. The molecule has 0 atom stereocenters. The molecule has 0 fully saturated rings. The van der Waals surface area contributed by atoms with E-state index in [0.29, 0.717) is 6.07 Å². The lowest BCUT2D eigenvalue weighted by molar-refractivity contribution is -0.138. The number of hydrogen-bond acceptors (Lipinski definition) is 1. The molecule has 0 saturated heterocycles. The summed E-state index contributed by atoms with van der Waals surface area (Å²) in [6.07, 6.45) is -7.97. The number of aromatic amines is 1. The normalized spacial score (nSPS) is 12.2. The van der Waals surface area contributed by atoms with Crippen molar-refractivity contribution in [1.29, 1.82) is 0 Å². The van der Waals surface area contributed by atoms with Gasteiger partial charge in [0.05, 0.1) is 5.69 Å². The van der Waals surface area contributed by atoms with Gasteiger partial charge >= 0.3 is 6.18 Å². The monoisotopic (exact) mass is 261 g/mol. The van der Waals surface area contributed by atoms with E-state index in [0.717, 1.165) is 0 Å². The van der Waals surface area contributed by atoms with Crippen molar-refractivity contribution in [1.82, 2.24) is 4.98 Å². The molecular formula is C8H5ClF5NO. The largest absolute Gasteiger partial charge is 0.421 e. The van der Waals surface area contributed by atoms with Gasteiger partial charge in [-0.2, -0.15) is 13.2 Å². The lowest BCUT2D eigenvalue weighted by Gasteiger charge is -2.10. The SMILES string of the molecule is O=c1[nH]c(C(F)F)c(CCl)cc1C(F)(F)F. The summed E-state index contributed by atoms with van der Waals surface area (Å²) in [5, 5.41) is 0. The van der Waals surface area contributed by atoms with Crippen molar-refractivity contribution in [3.05, 3.63) is 33.2 Å². The van der Waals surface area contributed by atoms with Crippen molar-refractivity contribution in [3.8, 4) is 0 Å². The minimum Gasteiger partial charge on any atom is -0.320 e. The molecule has 0 amide bonds. The zero-order chi connectivity index (χ0) is 12.5. The zero-order valence-electron chi connectivity index (χ0n) is 7.54. The number of H-pyrrole nitrogens is 1. The molecule has 0 aliphatic carbocycles. The molecule has 0 saturated carbocycles. The van der Waals surface area contributed by atoms with Crippen molar-refractivity contribution in [2.45, 2.75) is 18.5 Å². The Bertz CT molecular complexity index is 439. The van der Waals surface area contributed by atoms with Crippen LogP contribution >= 0.6 is 11.6 Å². The Kier molecular flexibility index (Phi) is 3.57. The van der Waals surface area contributed by atoms with E-state index >= 15 is 0 Å². The molecule has 1 aromatic heterocycles. The van der Waals surface area contributed by atoms with Crippen LogP contribution in [-0.2, 0) is 12.1 Å². The number of rotatable bonds is 2. The van der Waals surface area contributed by atoms with Gasteiger partial charge in [0.25, 0.3) is 12.0 Å². The van der Waals surface area contributed by atoms with Gasteiger partial charge in [-0.3, -0.25) is 4.79 Å². The summed E-state index contributed by atoms with van der Waals surface area (Å²) >= 11 is 5.23. The first-order chi connectivity index (χ1) is 7.27. The molecule has 0 aliphatic rings. The van der Waals surface area contributed by atoms with Crippen LogP contribution in [0.2, 0.25) is 0 Å². The van der Waals surface area contributed by atoms with Crippen LogP contribution in [0, 0.1) is 0 Å². The van der Waals surface area contributed by atoms with Crippen molar-refractivity contribution < 1.29 is 22.0 Å². The number of nitrogens with one attached hydrogen (secondary N) is 1. The second-order valence-electron chi connectivity index (χ2n) is 2.88. The molecule has 0 unspecified atom stereocenters. The zero-order valence-corrected chi connectivity index (χ0v) is 8.29. The predicted molar refractivity (Wildman–Crippen MR) is 46.6 cm³/mol. The van der Waals surface area contributed by atoms with E-state index in [1.165, 1.54) is 4.98 Å². The maximum atomic E-state index is 12.3. The van der Waals surface area contributed by atoms with Crippen LogP contribution in [0.5, 0.6) is 0 Å². The van der Waals surface area contributed by atoms with Gasteiger partial charge in [-0.05, 0) is 11.6 Å². The summed E-state index contributed by atoms with van der Waals surface area (Å²) in [5.74, 6) is -0.542. The lowest BCUT2D eigenvalue weighted by Crippen LogP contribution is -2.23. The van der Waals surface area contributed by atoms with Crippen LogP contribution in [0.25, 0.3) is 0 Å². The van der Waals surface area contributed by atoms with E-state index in [1.807, 2.05) is 0 Å². The third-order valence-corrected chi connectivity index (χ3v) is 2.11. The van der Waals surface area contributed by atoms with Gasteiger partial charge in [-0.15, -0.1) is 11.6 Å². The van der Waals surface area contributed by atoms with E-state index in [9.17, 15) is 26.7 Å². The Balaban J connectivity index is 3.44. The van der Waals surface area contributed by atoms with Crippen molar-refractivity contribution in [3.63, 3.8) is 0 Å². The van der Waals surface area contributed by atoms with Crippen LogP contribution in [0.3, 0.4) is 0 Å². The molecule has 8 heteroatoms. The van der Waals surface area contributed by atoms with Crippen LogP contribution in [0.1, 0.15) is 23.2 Å². The summed E-state index contributed by atoms with van der Waals surface area (Å²) < 4.78 is 61.4. The Labute approximate surface area is 91.0 Å². The first-order valence-electron chi connectivity index (χ1n) is 3.94. The van der Waals surface area contributed by atoms with Crippen molar-refractivity contribution in [2.24, 2.45) is 0 Å². The smallest absolute Gasteiger partial charge is 0.320 e. The Morgan fingerprint density at radius 2 is 1.94 bits per heavy atom. The Morgan fingerprint density at radius 3 is 2.31 bits per heavy atom. The maximum Gasteiger partial charge on any atom is 0.421 e. The third-order valence-electron chi connectivity index (χ3n) is 1.82. The van der Waals surface area contributed by atoms with Gasteiger partial charge in [0, 0.05) is 5.88 Å². The average molecular weight is 262 g/mol. The molecule has 0 aliphatic heterocycles. The van der Waals surface area contributed by atoms with E-state index in [1.54, 1.807) is 0 Å². The number of aromatic nitrogens is 1. The van der Waals surface area contributed by atoms with Gasteiger partial charge in [0.2, 0.25) is 0 Å². The number of hydrogen-bond donors (Lipinski definition) is 1. The molecule has 1 N–H and O–H groups in total. The molecule has 16 heavy (non-hydrogen) atoms. The fraction of sp³-hybridized carbons (Fsp3) is 0.375. The number of pyridine rings is 1. The standard InChI is InChI=1S/C8H5ClF5NO/c9-2-3-1-4(8(12,13)14)7(16)15-5(3)6(10)11/h1,6H,2H2,(H,15,16). The number of alkyl halides is 6. The summed E-state index contributed by atoms with van der Waals surface area (Å²) in [4.78, 5) is 12.4.